The molecule has 4 aromatic rings. The quantitative estimate of drug-likeness (QED) is 0.393. The van der Waals surface area contributed by atoms with Gasteiger partial charge >= 0.3 is 0 Å². The summed E-state index contributed by atoms with van der Waals surface area (Å²) in [5, 5.41) is 6.36. The lowest BCUT2D eigenvalue weighted by atomic mass is 10.1. The molecule has 0 aliphatic carbocycles. The Kier molecular flexibility index (Phi) is 6.83. The molecule has 2 aromatic carbocycles. The summed E-state index contributed by atoms with van der Waals surface area (Å²) in [6.07, 6.45) is 0. The number of hydrogen-bond acceptors (Lipinski definition) is 5. The molecule has 0 aliphatic heterocycles. The standard InChI is InChI=1S/C25H24FN5O2S/c1-4-30(16-17-10-12-18(13-11-17)24(32)29(2)3)25(33)22-27-23(21-9-6-14-34-21)31(28-22)20-8-5-7-19(26)15-20/h5-15H,4,16H2,1-3H3. The first-order valence-electron chi connectivity index (χ1n) is 10.7. The van der Waals surface area contributed by atoms with Gasteiger partial charge in [0.05, 0.1) is 10.6 Å². The number of amides is 2. The van der Waals surface area contributed by atoms with E-state index in [4.69, 9.17) is 0 Å². The Morgan fingerprint density at radius 2 is 1.79 bits per heavy atom. The minimum Gasteiger partial charge on any atom is -0.345 e. The first kappa shape index (κ1) is 23.3. The Hall–Kier alpha value is -3.85. The van der Waals surface area contributed by atoms with Crippen LogP contribution < -0.4 is 0 Å². The van der Waals surface area contributed by atoms with E-state index in [1.54, 1.807) is 43.3 Å². The van der Waals surface area contributed by atoms with Gasteiger partial charge in [-0.1, -0.05) is 24.3 Å². The van der Waals surface area contributed by atoms with Gasteiger partial charge in [-0.2, -0.15) is 0 Å². The number of carbonyl (C=O) groups excluding carboxylic acids is 2. The summed E-state index contributed by atoms with van der Waals surface area (Å²) in [6, 6.07) is 17.0. The van der Waals surface area contributed by atoms with Crippen LogP contribution in [0.4, 0.5) is 4.39 Å². The van der Waals surface area contributed by atoms with Crippen LogP contribution in [0.3, 0.4) is 0 Å². The van der Waals surface area contributed by atoms with Crippen LogP contribution in [0.25, 0.3) is 16.4 Å². The molecule has 4 rings (SSSR count). The predicted molar refractivity (Wildman–Crippen MR) is 130 cm³/mol. The summed E-state index contributed by atoms with van der Waals surface area (Å²) in [4.78, 5) is 33.9. The lowest BCUT2D eigenvalue weighted by Gasteiger charge is -2.19. The maximum absolute atomic E-state index is 13.9. The molecule has 0 spiro atoms. The Morgan fingerprint density at radius 1 is 1.03 bits per heavy atom. The predicted octanol–water partition coefficient (Wildman–Crippen LogP) is 4.50. The van der Waals surface area contributed by atoms with Crippen LogP contribution in [0.15, 0.2) is 66.0 Å². The molecule has 0 atom stereocenters. The summed E-state index contributed by atoms with van der Waals surface area (Å²) >= 11 is 1.46. The Balaban J connectivity index is 1.62. The largest absolute Gasteiger partial charge is 0.345 e. The molecule has 2 aromatic heterocycles. The summed E-state index contributed by atoms with van der Waals surface area (Å²) in [6.45, 7) is 2.67. The highest BCUT2D eigenvalue weighted by Gasteiger charge is 2.23. The zero-order valence-electron chi connectivity index (χ0n) is 19.1. The fraction of sp³-hybridized carbons (Fsp3) is 0.200. The van der Waals surface area contributed by atoms with E-state index < -0.39 is 5.82 Å². The van der Waals surface area contributed by atoms with Crippen LogP contribution in [0, 0.1) is 5.82 Å². The number of benzene rings is 2. The molecule has 0 bridgehead atoms. The molecule has 0 saturated carbocycles. The zero-order chi connectivity index (χ0) is 24.2. The fourth-order valence-corrected chi connectivity index (χ4v) is 4.15. The molecule has 2 heterocycles. The second-order valence-corrected chi connectivity index (χ2v) is 8.79. The van der Waals surface area contributed by atoms with Crippen molar-refractivity contribution < 1.29 is 14.0 Å². The van der Waals surface area contributed by atoms with Crippen molar-refractivity contribution in [1.82, 2.24) is 24.6 Å². The molecule has 7 nitrogen and oxygen atoms in total. The Morgan fingerprint density at radius 3 is 2.41 bits per heavy atom. The molecule has 2 amide bonds. The molecule has 0 aliphatic rings. The van der Waals surface area contributed by atoms with Crippen molar-refractivity contribution in [1.29, 1.82) is 0 Å². The van der Waals surface area contributed by atoms with Crippen LogP contribution in [-0.2, 0) is 6.54 Å². The second kappa shape index (κ2) is 9.96. The molecule has 34 heavy (non-hydrogen) atoms. The highest BCUT2D eigenvalue weighted by molar-refractivity contribution is 7.13. The molecule has 0 unspecified atom stereocenters. The third kappa shape index (κ3) is 4.89. The van der Waals surface area contributed by atoms with E-state index in [1.165, 1.54) is 33.1 Å². The highest BCUT2D eigenvalue weighted by atomic mass is 32.1. The lowest BCUT2D eigenvalue weighted by molar-refractivity contribution is 0.0739. The summed E-state index contributed by atoms with van der Waals surface area (Å²) in [5.41, 5.74) is 1.95. The van der Waals surface area contributed by atoms with Gasteiger partial charge in [0.25, 0.3) is 11.8 Å². The van der Waals surface area contributed by atoms with E-state index in [-0.39, 0.29) is 17.6 Å². The fourth-order valence-electron chi connectivity index (χ4n) is 3.46. The van der Waals surface area contributed by atoms with Crippen molar-refractivity contribution in [3.8, 4) is 16.4 Å². The van der Waals surface area contributed by atoms with Gasteiger partial charge in [-0.25, -0.2) is 14.1 Å². The number of hydrogen-bond donors (Lipinski definition) is 0. The third-order valence-electron chi connectivity index (χ3n) is 5.24. The molecule has 174 valence electrons. The molecular weight excluding hydrogens is 453 g/mol. The van der Waals surface area contributed by atoms with Gasteiger partial charge in [0.2, 0.25) is 5.82 Å². The Labute approximate surface area is 201 Å². The zero-order valence-corrected chi connectivity index (χ0v) is 19.9. The Bertz CT molecular complexity index is 1300. The van der Waals surface area contributed by atoms with E-state index >= 15 is 0 Å². The molecule has 0 radical (unpaired) electrons. The van der Waals surface area contributed by atoms with Gasteiger partial charge in [-0.3, -0.25) is 9.59 Å². The number of carbonyl (C=O) groups is 2. The van der Waals surface area contributed by atoms with E-state index in [0.29, 0.717) is 30.2 Å². The van der Waals surface area contributed by atoms with Gasteiger partial charge in [0, 0.05) is 32.7 Å². The average Bonchev–Trinajstić information content (AvgIpc) is 3.52. The molecule has 0 saturated heterocycles. The van der Waals surface area contributed by atoms with Gasteiger partial charge in [-0.05, 0) is 54.3 Å². The van der Waals surface area contributed by atoms with Crippen LogP contribution in [0.2, 0.25) is 0 Å². The van der Waals surface area contributed by atoms with Crippen molar-refractivity contribution in [3.63, 3.8) is 0 Å². The van der Waals surface area contributed by atoms with Crippen LogP contribution in [0.1, 0.15) is 33.5 Å². The van der Waals surface area contributed by atoms with Crippen molar-refractivity contribution in [2.75, 3.05) is 20.6 Å². The molecule has 9 heteroatoms. The maximum atomic E-state index is 13.9. The van der Waals surface area contributed by atoms with E-state index in [2.05, 4.69) is 10.1 Å². The summed E-state index contributed by atoms with van der Waals surface area (Å²) in [7, 11) is 3.41. The van der Waals surface area contributed by atoms with Crippen molar-refractivity contribution in [3.05, 3.63) is 88.8 Å². The minimum atomic E-state index is -0.399. The van der Waals surface area contributed by atoms with Gasteiger partial charge < -0.3 is 9.80 Å². The summed E-state index contributed by atoms with van der Waals surface area (Å²) < 4.78 is 15.4. The number of rotatable bonds is 7. The normalized spacial score (nSPS) is 10.8. The first-order valence-corrected chi connectivity index (χ1v) is 11.6. The SMILES string of the molecule is CCN(Cc1ccc(C(=O)N(C)C)cc1)C(=O)c1nc(-c2cccs2)n(-c2cccc(F)c2)n1. The van der Waals surface area contributed by atoms with Gasteiger partial charge in [-0.15, -0.1) is 16.4 Å². The van der Waals surface area contributed by atoms with Gasteiger partial charge in [0.15, 0.2) is 5.82 Å². The van der Waals surface area contributed by atoms with Crippen LogP contribution in [-0.4, -0.2) is 57.0 Å². The summed E-state index contributed by atoms with van der Waals surface area (Å²) in [5.74, 6) is -0.295. The monoisotopic (exact) mass is 477 g/mol. The maximum Gasteiger partial charge on any atom is 0.293 e. The van der Waals surface area contributed by atoms with Crippen LogP contribution >= 0.6 is 11.3 Å². The number of nitrogens with zero attached hydrogens (tertiary/aromatic N) is 5. The smallest absolute Gasteiger partial charge is 0.293 e. The van der Waals surface area contributed by atoms with Crippen molar-refractivity contribution in [2.45, 2.75) is 13.5 Å². The number of thiophene rings is 1. The number of aromatic nitrogens is 3. The van der Waals surface area contributed by atoms with Crippen LogP contribution in [0.5, 0.6) is 0 Å². The second-order valence-electron chi connectivity index (χ2n) is 7.84. The van der Waals surface area contributed by atoms with Crippen molar-refractivity contribution in [2.24, 2.45) is 0 Å². The van der Waals surface area contributed by atoms with Crippen molar-refractivity contribution >= 4 is 23.2 Å². The molecular formula is C25H24FN5O2S. The average molecular weight is 478 g/mol. The minimum absolute atomic E-state index is 0.0360. The molecule has 0 fully saturated rings. The van der Waals surface area contributed by atoms with E-state index in [0.717, 1.165) is 10.4 Å². The topological polar surface area (TPSA) is 71.3 Å². The third-order valence-corrected chi connectivity index (χ3v) is 6.11. The highest BCUT2D eigenvalue weighted by Crippen LogP contribution is 2.26. The first-order chi connectivity index (χ1) is 16.4. The van der Waals surface area contributed by atoms with Gasteiger partial charge in [0.1, 0.15) is 5.82 Å². The van der Waals surface area contributed by atoms with E-state index in [1.807, 2.05) is 36.6 Å². The van der Waals surface area contributed by atoms with E-state index in [9.17, 15) is 14.0 Å². The number of halogens is 1. The molecule has 0 N–H and O–H groups in total. The lowest BCUT2D eigenvalue weighted by Crippen LogP contribution is -2.31.